The maximum atomic E-state index is 12.2. The molecule has 2 heterocycles. The van der Waals surface area contributed by atoms with Crippen LogP contribution >= 0.6 is 11.3 Å². The van der Waals surface area contributed by atoms with Crippen LogP contribution < -0.4 is 5.32 Å². The van der Waals surface area contributed by atoms with E-state index in [1.54, 1.807) is 31.2 Å². The Morgan fingerprint density at radius 2 is 2.14 bits per heavy atom. The smallest absolute Gasteiger partial charge is 0.326 e. The van der Waals surface area contributed by atoms with Gasteiger partial charge in [0.15, 0.2) is 0 Å². The maximum absolute atomic E-state index is 12.2. The van der Waals surface area contributed by atoms with Crippen LogP contribution in [0.2, 0.25) is 0 Å². The highest BCUT2D eigenvalue weighted by Gasteiger charge is 2.20. The van der Waals surface area contributed by atoms with Gasteiger partial charge in [-0.15, -0.1) is 11.3 Å². The average Bonchev–Trinajstić information content (AvgIpc) is 3.11. The molecule has 0 aliphatic heterocycles. The summed E-state index contributed by atoms with van der Waals surface area (Å²) < 4.78 is 5.51. The number of carbonyl (C=O) groups excluding carboxylic acids is 1. The zero-order valence-corrected chi connectivity index (χ0v) is 13.1. The summed E-state index contributed by atoms with van der Waals surface area (Å²) in [5.41, 5.74) is 0. The number of carboxylic acid groups (broad SMARTS) is 1. The lowest BCUT2D eigenvalue weighted by Gasteiger charge is -2.11. The maximum Gasteiger partial charge on any atom is 0.326 e. The van der Waals surface area contributed by atoms with Crippen LogP contribution in [0.3, 0.4) is 0 Å². The van der Waals surface area contributed by atoms with Crippen LogP contribution in [0, 0.1) is 6.92 Å². The number of hydrogen-bond acceptors (Lipinski definition) is 4. The first-order valence-corrected chi connectivity index (χ1v) is 7.64. The SMILES string of the molecule is C/C=C/CC(NC(=O)c1ccc(-c2ccc(C)o2)s1)C(=O)O. The number of carbonyl (C=O) groups is 2. The van der Waals surface area contributed by atoms with Crippen molar-refractivity contribution in [3.8, 4) is 10.6 Å². The van der Waals surface area contributed by atoms with Gasteiger partial charge in [0, 0.05) is 0 Å². The number of rotatable bonds is 6. The third kappa shape index (κ3) is 3.85. The minimum absolute atomic E-state index is 0.257. The number of thiophene rings is 1. The molecule has 1 amide bonds. The van der Waals surface area contributed by atoms with Crippen molar-refractivity contribution in [2.24, 2.45) is 0 Å². The molecule has 5 nitrogen and oxygen atoms in total. The fourth-order valence-electron chi connectivity index (χ4n) is 1.88. The van der Waals surface area contributed by atoms with Crippen LogP contribution in [0.15, 0.2) is 40.8 Å². The van der Waals surface area contributed by atoms with E-state index in [2.05, 4.69) is 5.32 Å². The fourth-order valence-corrected chi connectivity index (χ4v) is 2.75. The Bertz CT molecular complexity index is 699. The van der Waals surface area contributed by atoms with E-state index in [-0.39, 0.29) is 6.42 Å². The van der Waals surface area contributed by atoms with E-state index in [1.807, 2.05) is 19.1 Å². The van der Waals surface area contributed by atoms with Crippen molar-refractivity contribution in [1.82, 2.24) is 5.32 Å². The summed E-state index contributed by atoms with van der Waals surface area (Å²) in [7, 11) is 0. The Hall–Kier alpha value is -2.34. The highest BCUT2D eigenvalue weighted by Crippen LogP contribution is 2.29. The molecule has 0 aliphatic rings. The Morgan fingerprint density at radius 1 is 1.36 bits per heavy atom. The monoisotopic (exact) mass is 319 g/mol. The third-order valence-corrected chi connectivity index (χ3v) is 4.12. The second kappa shape index (κ2) is 7.09. The summed E-state index contributed by atoms with van der Waals surface area (Å²) in [5, 5.41) is 11.6. The summed E-state index contributed by atoms with van der Waals surface area (Å²) >= 11 is 1.27. The second-order valence-corrected chi connectivity index (χ2v) is 5.83. The predicted octanol–water partition coefficient (Wildman–Crippen LogP) is 3.47. The van der Waals surface area contributed by atoms with Crippen LogP contribution in [-0.4, -0.2) is 23.0 Å². The van der Waals surface area contributed by atoms with E-state index < -0.39 is 17.9 Å². The number of carboxylic acids is 1. The molecule has 2 aromatic rings. The molecule has 6 heteroatoms. The van der Waals surface area contributed by atoms with Crippen LogP contribution in [0.1, 0.15) is 28.8 Å². The number of aryl methyl sites for hydroxylation is 1. The van der Waals surface area contributed by atoms with Gasteiger partial charge in [-0.1, -0.05) is 12.2 Å². The molecule has 0 aromatic carbocycles. The topological polar surface area (TPSA) is 79.5 Å². The van der Waals surface area contributed by atoms with E-state index in [9.17, 15) is 9.59 Å². The zero-order valence-electron chi connectivity index (χ0n) is 12.3. The number of amides is 1. The standard InChI is InChI=1S/C16H17NO4S/c1-3-4-5-11(16(19)20)17-15(18)14-9-8-13(22-14)12-7-6-10(2)21-12/h3-4,6-9,11H,5H2,1-2H3,(H,17,18)(H,19,20)/b4-3+. The van der Waals surface area contributed by atoms with Gasteiger partial charge >= 0.3 is 5.97 Å². The van der Waals surface area contributed by atoms with Crippen molar-refractivity contribution < 1.29 is 19.1 Å². The molecular weight excluding hydrogens is 302 g/mol. The van der Waals surface area contributed by atoms with Crippen molar-refractivity contribution in [3.63, 3.8) is 0 Å². The molecular formula is C16H17NO4S. The summed E-state index contributed by atoms with van der Waals surface area (Å²) in [6.07, 6.45) is 3.72. The van der Waals surface area contributed by atoms with Gasteiger partial charge < -0.3 is 14.8 Å². The molecule has 0 aliphatic carbocycles. The van der Waals surface area contributed by atoms with Crippen molar-refractivity contribution >= 4 is 23.2 Å². The van der Waals surface area contributed by atoms with Crippen molar-refractivity contribution in [2.45, 2.75) is 26.3 Å². The van der Waals surface area contributed by atoms with Crippen LogP contribution in [0.4, 0.5) is 0 Å². The molecule has 1 atom stereocenters. The lowest BCUT2D eigenvalue weighted by atomic mass is 10.2. The predicted molar refractivity (Wildman–Crippen MR) is 85.1 cm³/mol. The summed E-state index contributed by atoms with van der Waals surface area (Å²) in [6.45, 7) is 3.65. The minimum Gasteiger partial charge on any atom is -0.480 e. The molecule has 0 fully saturated rings. The lowest BCUT2D eigenvalue weighted by Crippen LogP contribution is -2.40. The minimum atomic E-state index is -1.05. The fraction of sp³-hybridized carbons (Fsp3) is 0.250. The van der Waals surface area contributed by atoms with Gasteiger partial charge in [0.2, 0.25) is 0 Å². The number of allylic oxidation sites excluding steroid dienone is 1. The van der Waals surface area contributed by atoms with Crippen LogP contribution in [-0.2, 0) is 4.79 Å². The molecule has 0 spiro atoms. The van der Waals surface area contributed by atoms with E-state index in [0.29, 0.717) is 10.6 Å². The summed E-state index contributed by atoms with van der Waals surface area (Å²) in [5.74, 6) is 0.0540. The van der Waals surface area contributed by atoms with Gasteiger partial charge in [-0.25, -0.2) is 4.79 Å². The number of aliphatic carboxylic acids is 1. The normalized spacial score (nSPS) is 12.5. The lowest BCUT2D eigenvalue weighted by molar-refractivity contribution is -0.139. The van der Waals surface area contributed by atoms with Gasteiger partial charge in [-0.2, -0.15) is 0 Å². The van der Waals surface area contributed by atoms with Crippen LogP contribution in [0.5, 0.6) is 0 Å². The summed E-state index contributed by atoms with van der Waals surface area (Å²) in [4.78, 5) is 24.6. The van der Waals surface area contributed by atoms with Crippen LogP contribution in [0.25, 0.3) is 10.6 Å². The van der Waals surface area contributed by atoms with E-state index >= 15 is 0 Å². The number of hydrogen-bond donors (Lipinski definition) is 2. The van der Waals surface area contributed by atoms with E-state index in [1.165, 1.54) is 11.3 Å². The molecule has 2 aromatic heterocycles. The van der Waals surface area contributed by atoms with Crippen molar-refractivity contribution in [3.05, 3.63) is 47.1 Å². The first-order chi connectivity index (χ1) is 10.5. The summed E-state index contributed by atoms with van der Waals surface area (Å²) in [6, 6.07) is 6.22. The molecule has 22 heavy (non-hydrogen) atoms. The van der Waals surface area contributed by atoms with Gasteiger partial charge in [0.25, 0.3) is 5.91 Å². The van der Waals surface area contributed by atoms with Gasteiger partial charge in [0.1, 0.15) is 17.6 Å². The van der Waals surface area contributed by atoms with Crippen molar-refractivity contribution in [2.75, 3.05) is 0 Å². The largest absolute Gasteiger partial charge is 0.480 e. The molecule has 0 radical (unpaired) electrons. The average molecular weight is 319 g/mol. The Balaban J connectivity index is 2.09. The molecule has 116 valence electrons. The number of furan rings is 1. The molecule has 0 saturated heterocycles. The molecule has 1 unspecified atom stereocenters. The molecule has 0 saturated carbocycles. The Morgan fingerprint density at radius 3 is 2.73 bits per heavy atom. The highest BCUT2D eigenvalue weighted by atomic mass is 32.1. The number of nitrogens with one attached hydrogen (secondary N) is 1. The highest BCUT2D eigenvalue weighted by molar-refractivity contribution is 7.17. The quantitative estimate of drug-likeness (QED) is 0.799. The van der Waals surface area contributed by atoms with Gasteiger partial charge in [-0.05, 0) is 44.5 Å². The first kappa shape index (κ1) is 16.0. The third-order valence-electron chi connectivity index (χ3n) is 3.02. The van der Waals surface area contributed by atoms with Gasteiger partial charge in [-0.3, -0.25) is 4.79 Å². The van der Waals surface area contributed by atoms with E-state index in [0.717, 1.165) is 10.6 Å². The molecule has 2 rings (SSSR count). The Kier molecular flexibility index (Phi) is 5.16. The second-order valence-electron chi connectivity index (χ2n) is 4.74. The zero-order chi connectivity index (χ0) is 16.1. The molecule has 0 bridgehead atoms. The van der Waals surface area contributed by atoms with Gasteiger partial charge in [0.05, 0.1) is 9.75 Å². The van der Waals surface area contributed by atoms with Crippen molar-refractivity contribution in [1.29, 1.82) is 0 Å². The first-order valence-electron chi connectivity index (χ1n) is 6.82. The van der Waals surface area contributed by atoms with E-state index in [4.69, 9.17) is 9.52 Å². The Labute approximate surface area is 132 Å². The molecule has 2 N–H and O–H groups in total.